The lowest BCUT2D eigenvalue weighted by Crippen LogP contribution is -2.36. The highest BCUT2D eigenvalue weighted by Gasteiger charge is 2.25. The molecule has 1 N–H and O–H groups in total. The number of rotatable bonds is 5. The van der Waals surface area contributed by atoms with Crippen LogP contribution in [0, 0.1) is 0 Å². The molecule has 1 aliphatic rings. The number of hydrogen-bond acceptors (Lipinski definition) is 4. The van der Waals surface area contributed by atoms with Crippen molar-refractivity contribution in [1.82, 2.24) is 4.31 Å². The van der Waals surface area contributed by atoms with Gasteiger partial charge in [-0.25, -0.2) is 8.42 Å². The number of benzene rings is 2. The van der Waals surface area contributed by atoms with Crippen LogP contribution in [0.2, 0.25) is 0 Å². The number of sulfonamides is 1. The molecule has 6 nitrogen and oxygen atoms in total. The van der Waals surface area contributed by atoms with E-state index in [4.69, 9.17) is 4.74 Å². The number of nitrogens with one attached hydrogen (secondary N) is 1. The first-order valence-electron chi connectivity index (χ1n) is 10.1. The van der Waals surface area contributed by atoms with Gasteiger partial charge in [-0.1, -0.05) is 45.0 Å². The summed E-state index contributed by atoms with van der Waals surface area (Å²) in [5.74, 6) is 0.401. The molecule has 2 aromatic carbocycles. The van der Waals surface area contributed by atoms with Crippen LogP contribution in [0.15, 0.2) is 42.5 Å². The monoisotopic (exact) mass is 430 g/mol. The minimum atomic E-state index is -3.24. The molecule has 0 radical (unpaired) electrons. The fourth-order valence-electron chi connectivity index (χ4n) is 3.51. The topological polar surface area (TPSA) is 75.7 Å². The molecule has 2 aromatic rings. The van der Waals surface area contributed by atoms with E-state index in [9.17, 15) is 13.2 Å². The van der Waals surface area contributed by atoms with Gasteiger partial charge >= 0.3 is 0 Å². The summed E-state index contributed by atoms with van der Waals surface area (Å²) in [4.78, 5) is 12.7. The SMILES string of the molecule is CC(Oc1ccc(C(C)(C)C)cc1)C(=O)Nc1cccc2c1CCN(S(C)(=O)=O)C2. The summed E-state index contributed by atoms with van der Waals surface area (Å²) in [5.41, 5.74) is 3.86. The van der Waals surface area contributed by atoms with Gasteiger partial charge in [0.2, 0.25) is 10.0 Å². The molecule has 0 aliphatic carbocycles. The van der Waals surface area contributed by atoms with E-state index >= 15 is 0 Å². The van der Waals surface area contributed by atoms with E-state index in [-0.39, 0.29) is 11.3 Å². The fraction of sp³-hybridized carbons (Fsp3) is 0.435. The van der Waals surface area contributed by atoms with E-state index in [1.807, 2.05) is 42.5 Å². The second-order valence-electron chi connectivity index (χ2n) is 8.81. The summed E-state index contributed by atoms with van der Waals surface area (Å²) < 4.78 is 30.9. The summed E-state index contributed by atoms with van der Waals surface area (Å²) in [5, 5.41) is 2.95. The highest BCUT2D eigenvalue weighted by Crippen LogP contribution is 2.28. The van der Waals surface area contributed by atoms with Crippen LogP contribution in [0.4, 0.5) is 5.69 Å². The Morgan fingerprint density at radius 1 is 1.13 bits per heavy atom. The van der Waals surface area contributed by atoms with Gasteiger partial charge in [0, 0.05) is 18.8 Å². The molecule has 7 heteroatoms. The minimum Gasteiger partial charge on any atom is -0.481 e. The van der Waals surface area contributed by atoms with E-state index in [1.165, 1.54) is 16.1 Å². The maximum atomic E-state index is 12.7. The van der Waals surface area contributed by atoms with Crippen molar-refractivity contribution in [2.75, 3.05) is 18.1 Å². The largest absolute Gasteiger partial charge is 0.481 e. The van der Waals surface area contributed by atoms with Gasteiger partial charge in [0.15, 0.2) is 6.10 Å². The standard InChI is InChI=1S/C23H30N2O4S/c1-16(29-19-11-9-18(10-12-19)23(2,3)4)22(26)24-21-8-6-7-17-15-25(30(5,27)28)14-13-20(17)21/h6-12,16H,13-15H2,1-5H3,(H,24,26). The molecule has 1 amide bonds. The number of anilines is 1. The Morgan fingerprint density at radius 2 is 1.80 bits per heavy atom. The fourth-order valence-corrected chi connectivity index (χ4v) is 4.31. The van der Waals surface area contributed by atoms with Crippen molar-refractivity contribution in [2.45, 2.75) is 52.2 Å². The van der Waals surface area contributed by atoms with Crippen LogP contribution in [0.1, 0.15) is 44.4 Å². The first kappa shape index (κ1) is 22.3. The van der Waals surface area contributed by atoms with Crippen LogP contribution in [0.5, 0.6) is 5.75 Å². The lowest BCUT2D eigenvalue weighted by Gasteiger charge is -2.28. The van der Waals surface area contributed by atoms with Crippen molar-refractivity contribution >= 4 is 21.6 Å². The average Bonchev–Trinajstić information content (AvgIpc) is 2.66. The van der Waals surface area contributed by atoms with Crippen LogP contribution < -0.4 is 10.1 Å². The van der Waals surface area contributed by atoms with E-state index < -0.39 is 16.1 Å². The maximum absolute atomic E-state index is 12.7. The Balaban J connectivity index is 1.68. The zero-order valence-corrected chi connectivity index (χ0v) is 19.0. The normalized spacial score (nSPS) is 15.9. The number of ether oxygens (including phenoxy) is 1. The van der Waals surface area contributed by atoms with Crippen LogP contribution in [0.3, 0.4) is 0 Å². The first-order chi connectivity index (χ1) is 13.9. The molecule has 0 spiro atoms. The van der Waals surface area contributed by atoms with Crippen LogP contribution in [0.25, 0.3) is 0 Å². The third-order valence-corrected chi connectivity index (χ3v) is 6.61. The van der Waals surface area contributed by atoms with Crippen molar-refractivity contribution in [3.05, 3.63) is 59.2 Å². The van der Waals surface area contributed by atoms with E-state index in [2.05, 4.69) is 26.1 Å². The number of nitrogens with zero attached hydrogens (tertiary/aromatic N) is 1. The van der Waals surface area contributed by atoms with Gasteiger partial charge in [-0.15, -0.1) is 0 Å². The summed E-state index contributed by atoms with van der Waals surface area (Å²) in [6.07, 6.45) is 1.11. The summed E-state index contributed by atoms with van der Waals surface area (Å²) in [7, 11) is -3.24. The van der Waals surface area contributed by atoms with E-state index in [1.54, 1.807) is 6.92 Å². The maximum Gasteiger partial charge on any atom is 0.265 e. The molecule has 0 saturated carbocycles. The number of fused-ring (bicyclic) bond motifs is 1. The van der Waals surface area contributed by atoms with Crippen molar-refractivity contribution in [2.24, 2.45) is 0 Å². The predicted octanol–water partition coefficient (Wildman–Crippen LogP) is 3.71. The Bertz CT molecular complexity index is 1020. The molecular weight excluding hydrogens is 400 g/mol. The number of carbonyl (C=O) groups is 1. The highest BCUT2D eigenvalue weighted by molar-refractivity contribution is 7.88. The van der Waals surface area contributed by atoms with Gasteiger partial charge in [0.25, 0.3) is 5.91 Å². The average molecular weight is 431 g/mol. The molecule has 1 aliphatic heterocycles. The molecule has 1 unspecified atom stereocenters. The van der Waals surface area contributed by atoms with Gasteiger partial charge in [0.05, 0.1) is 6.26 Å². The van der Waals surface area contributed by atoms with Gasteiger partial charge in [-0.05, 0) is 53.6 Å². The lowest BCUT2D eigenvalue weighted by molar-refractivity contribution is -0.122. The van der Waals surface area contributed by atoms with E-state index in [0.717, 1.165) is 11.1 Å². The number of carbonyl (C=O) groups excluding carboxylic acids is 1. The number of hydrogen-bond donors (Lipinski definition) is 1. The summed E-state index contributed by atoms with van der Waals surface area (Å²) >= 11 is 0. The van der Waals surface area contributed by atoms with Gasteiger partial charge in [-0.2, -0.15) is 4.31 Å². The molecule has 1 atom stereocenters. The van der Waals surface area contributed by atoms with Crippen LogP contribution in [-0.4, -0.2) is 37.5 Å². The molecule has 0 fully saturated rings. The molecule has 1 heterocycles. The molecule has 0 saturated heterocycles. The van der Waals surface area contributed by atoms with Crippen molar-refractivity contribution in [1.29, 1.82) is 0 Å². The van der Waals surface area contributed by atoms with Crippen LogP contribution >= 0.6 is 0 Å². The number of amides is 1. The smallest absolute Gasteiger partial charge is 0.265 e. The van der Waals surface area contributed by atoms with Crippen LogP contribution in [-0.2, 0) is 33.2 Å². The second kappa shape index (κ2) is 8.40. The van der Waals surface area contributed by atoms with Crippen molar-refractivity contribution < 1.29 is 17.9 Å². The Morgan fingerprint density at radius 3 is 2.40 bits per heavy atom. The molecule has 30 heavy (non-hydrogen) atoms. The second-order valence-corrected chi connectivity index (χ2v) is 10.8. The molecular formula is C23H30N2O4S. The van der Waals surface area contributed by atoms with Gasteiger partial charge in [0.1, 0.15) is 5.75 Å². The molecule has 3 rings (SSSR count). The predicted molar refractivity (Wildman–Crippen MR) is 119 cm³/mol. The zero-order valence-electron chi connectivity index (χ0n) is 18.2. The summed E-state index contributed by atoms with van der Waals surface area (Å²) in [6, 6.07) is 13.4. The Labute approximate surface area is 179 Å². The minimum absolute atomic E-state index is 0.0562. The molecule has 0 bridgehead atoms. The first-order valence-corrected chi connectivity index (χ1v) is 11.9. The van der Waals surface area contributed by atoms with Crippen molar-refractivity contribution in [3.8, 4) is 5.75 Å². The lowest BCUT2D eigenvalue weighted by atomic mass is 9.87. The van der Waals surface area contributed by atoms with Gasteiger partial charge < -0.3 is 10.1 Å². The Kier molecular flexibility index (Phi) is 6.24. The molecule has 0 aromatic heterocycles. The molecule has 162 valence electrons. The zero-order chi connectivity index (χ0) is 22.1. The highest BCUT2D eigenvalue weighted by atomic mass is 32.2. The summed E-state index contributed by atoms with van der Waals surface area (Å²) in [6.45, 7) is 8.89. The third-order valence-electron chi connectivity index (χ3n) is 5.36. The Hall–Kier alpha value is -2.38. The van der Waals surface area contributed by atoms with Crippen molar-refractivity contribution in [3.63, 3.8) is 0 Å². The quantitative estimate of drug-likeness (QED) is 0.785. The van der Waals surface area contributed by atoms with E-state index in [0.29, 0.717) is 30.9 Å². The van der Waals surface area contributed by atoms with Gasteiger partial charge in [-0.3, -0.25) is 4.79 Å². The third kappa shape index (κ3) is 5.21.